The summed E-state index contributed by atoms with van der Waals surface area (Å²) in [7, 11) is -2.00. The van der Waals surface area contributed by atoms with Crippen LogP contribution in [-0.2, 0) is 26.9 Å². The van der Waals surface area contributed by atoms with E-state index in [4.69, 9.17) is 65.3 Å². The zero-order chi connectivity index (χ0) is 40.5. The molecule has 9 nitrogen and oxygen atoms in total. The van der Waals surface area contributed by atoms with E-state index in [0.29, 0.717) is 45.4 Å². The van der Waals surface area contributed by atoms with Crippen molar-refractivity contribution in [1.82, 2.24) is 15.2 Å². The summed E-state index contributed by atoms with van der Waals surface area (Å²) in [6, 6.07) is 9.33. The molecule has 0 spiro atoms. The van der Waals surface area contributed by atoms with Crippen LogP contribution >= 0.6 is 57.7 Å². The molecular formula is C40H54Cl4N4O5SSi. The highest BCUT2D eigenvalue weighted by Crippen LogP contribution is 2.43. The SMILES string of the molecule is C[C@@H](O[Si](C)(C)C(C)(C)C)c1cc(Cl)c(O[C@@H]2CCN(c3ncc(C[C@@H](CNC(=O)OC(C)(C)C)C(=O)N(Cc4cccc(Cl)c4Cl)C4CC4)s3)C2)c(Cl)c1. The first kappa shape index (κ1) is 43.9. The lowest BCUT2D eigenvalue weighted by molar-refractivity contribution is -0.136. The fourth-order valence-corrected chi connectivity index (χ4v) is 9.56. The van der Waals surface area contributed by atoms with Gasteiger partial charge in [-0.25, -0.2) is 9.78 Å². The van der Waals surface area contributed by atoms with Crippen molar-refractivity contribution in [1.29, 1.82) is 0 Å². The molecule has 55 heavy (non-hydrogen) atoms. The van der Waals surface area contributed by atoms with Gasteiger partial charge in [0.15, 0.2) is 19.2 Å². The van der Waals surface area contributed by atoms with E-state index in [1.165, 1.54) is 11.3 Å². The number of benzene rings is 2. The predicted molar refractivity (Wildman–Crippen MR) is 228 cm³/mol. The maximum absolute atomic E-state index is 14.3. The third-order valence-corrected chi connectivity index (χ3v) is 17.4. The number of anilines is 1. The Hall–Kier alpha value is -2.25. The number of ether oxygens (including phenoxy) is 2. The molecular weight excluding hydrogens is 818 g/mol. The second-order valence-corrected chi connectivity index (χ2v) is 24.6. The molecule has 5 rings (SSSR count). The first-order chi connectivity index (χ1) is 25.6. The van der Waals surface area contributed by atoms with Gasteiger partial charge in [-0.2, -0.15) is 0 Å². The van der Waals surface area contributed by atoms with Crippen LogP contribution in [0.15, 0.2) is 36.5 Å². The van der Waals surface area contributed by atoms with Crippen LogP contribution in [0, 0.1) is 5.92 Å². The van der Waals surface area contributed by atoms with Gasteiger partial charge in [0.1, 0.15) is 11.7 Å². The molecule has 1 aliphatic carbocycles. The number of hydrogen-bond donors (Lipinski definition) is 1. The number of carbonyl (C=O) groups is 2. The maximum atomic E-state index is 14.3. The van der Waals surface area contributed by atoms with Gasteiger partial charge < -0.3 is 29.0 Å². The molecule has 0 radical (unpaired) electrons. The van der Waals surface area contributed by atoms with Gasteiger partial charge in [-0.3, -0.25) is 4.79 Å². The molecule has 2 aromatic carbocycles. The number of hydrogen-bond acceptors (Lipinski definition) is 8. The second-order valence-electron chi connectivity index (χ2n) is 17.1. The summed E-state index contributed by atoms with van der Waals surface area (Å²) in [4.78, 5) is 36.7. The molecule has 3 atom stereocenters. The van der Waals surface area contributed by atoms with Gasteiger partial charge in [-0.15, -0.1) is 11.3 Å². The molecule has 302 valence electrons. The van der Waals surface area contributed by atoms with Crippen LogP contribution in [0.25, 0.3) is 0 Å². The summed E-state index contributed by atoms with van der Waals surface area (Å²) in [6.45, 7) is 20.3. The van der Waals surface area contributed by atoms with Crippen LogP contribution < -0.4 is 15.0 Å². The molecule has 0 unspecified atom stereocenters. The maximum Gasteiger partial charge on any atom is 0.407 e. The van der Waals surface area contributed by atoms with E-state index in [-0.39, 0.29) is 35.7 Å². The number of nitrogens with zero attached hydrogens (tertiary/aromatic N) is 3. The van der Waals surface area contributed by atoms with Gasteiger partial charge in [0, 0.05) is 43.2 Å². The van der Waals surface area contributed by atoms with E-state index in [1.807, 2.05) is 42.3 Å². The van der Waals surface area contributed by atoms with E-state index in [0.717, 1.165) is 46.9 Å². The van der Waals surface area contributed by atoms with Crippen LogP contribution in [-0.4, -0.2) is 67.6 Å². The Bertz CT molecular complexity index is 1820. The van der Waals surface area contributed by atoms with Crippen LogP contribution in [0.4, 0.5) is 9.93 Å². The lowest BCUT2D eigenvalue weighted by atomic mass is 10.0. The van der Waals surface area contributed by atoms with Gasteiger partial charge in [0.05, 0.1) is 38.7 Å². The highest BCUT2D eigenvalue weighted by Gasteiger charge is 2.39. The van der Waals surface area contributed by atoms with E-state index in [1.54, 1.807) is 26.8 Å². The van der Waals surface area contributed by atoms with Gasteiger partial charge in [-0.05, 0) is 94.4 Å². The number of halogens is 4. The Balaban J connectivity index is 1.26. The second kappa shape index (κ2) is 17.7. The molecule has 1 aromatic heterocycles. The first-order valence-electron chi connectivity index (χ1n) is 18.8. The average molecular weight is 873 g/mol. The number of thiazole rings is 1. The first-order valence-corrected chi connectivity index (χ1v) is 24.1. The molecule has 2 heterocycles. The van der Waals surface area contributed by atoms with Gasteiger partial charge in [-0.1, -0.05) is 79.3 Å². The predicted octanol–water partition coefficient (Wildman–Crippen LogP) is 11.4. The minimum Gasteiger partial charge on any atom is -0.485 e. The van der Waals surface area contributed by atoms with Crippen LogP contribution in [0.1, 0.15) is 89.8 Å². The molecule has 0 bridgehead atoms. The van der Waals surface area contributed by atoms with Crippen molar-refractivity contribution in [2.75, 3.05) is 24.5 Å². The number of aromatic nitrogens is 1. The largest absolute Gasteiger partial charge is 0.485 e. The Kier molecular flexibility index (Phi) is 14.1. The number of alkyl carbamates (subject to hydrolysis) is 1. The Morgan fingerprint density at radius 1 is 1.04 bits per heavy atom. The third-order valence-electron chi connectivity index (χ3n) is 10.3. The molecule has 1 saturated heterocycles. The van der Waals surface area contributed by atoms with Crippen molar-refractivity contribution in [3.8, 4) is 5.75 Å². The molecule has 15 heteroatoms. The van der Waals surface area contributed by atoms with Crippen LogP contribution in [0.2, 0.25) is 38.2 Å². The smallest absolute Gasteiger partial charge is 0.407 e. The number of amides is 2. The lowest BCUT2D eigenvalue weighted by Crippen LogP contribution is -2.44. The zero-order valence-electron chi connectivity index (χ0n) is 33.2. The topological polar surface area (TPSA) is 93.2 Å². The van der Waals surface area contributed by atoms with Crippen molar-refractivity contribution < 1.29 is 23.5 Å². The summed E-state index contributed by atoms with van der Waals surface area (Å²) in [5, 5.41) is 5.54. The van der Waals surface area contributed by atoms with Gasteiger partial charge >= 0.3 is 6.09 Å². The minimum atomic E-state index is -2.00. The number of carbonyl (C=O) groups excluding carboxylic acids is 2. The molecule has 1 aliphatic heterocycles. The summed E-state index contributed by atoms with van der Waals surface area (Å²) in [5.41, 5.74) is 1.03. The highest BCUT2D eigenvalue weighted by atomic mass is 35.5. The Morgan fingerprint density at radius 2 is 1.71 bits per heavy atom. The highest BCUT2D eigenvalue weighted by molar-refractivity contribution is 7.15. The van der Waals surface area contributed by atoms with E-state index in [9.17, 15) is 9.59 Å². The van der Waals surface area contributed by atoms with Crippen LogP contribution in [0.5, 0.6) is 5.75 Å². The molecule has 1 N–H and O–H groups in total. The zero-order valence-corrected chi connectivity index (χ0v) is 38.1. The summed E-state index contributed by atoms with van der Waals surface area (Å²) >= 11 is 27.9. The fourth-order valence-electron chi connectivity index (χ4n) is 6.19. The fraction of sp³-hybridized carbons (Fsp3) is 0.575. The van der Waals surface area contributed by atoms with Crippen molar-refractivity contribution >= 4 is 83.2 Å². The van der Waals surface area contributed by atoms with Crippen molar-refractivity contribution in [3.63, 3.8) is 0 Å². The van der Waals surface area contributed by atoms with E-state index >= 15 is 0 Å². The monoisotopic (exact) mass is 870 g/mol. The van der Waals surface area contributed by atoms with Gasteiger partial charge in [0.2, 0.25) is 5.91 Å². The van der Waals surface area contributed by atoms with E-state index in [2.05, 4.69) is 44.1 Å². The van der Waals surface area contributed by atoms with Crippen molar-refractivity contribution in [3.05, 3.63) is 72.6 Å². The molecule has 2 fully saturated rings. The quantitative estimate of drug-likeness (QED) is 0.161. The van der Waals surface area contributed by atoms with Crippen molar-refractivity contribution in [2.45, 2.75) is 123 Å². The standard InChI is InChI=1S/C40H54Cl4N4O5SSi/c1-24(53-55(8,9)40(5,6)7)26-18-32(42)35(33(43)19-26)51-29-15-16-47(23-29)37-45-21-30(54-37)17-27(20-46-38(50)52-39(2,3)4)36(49)48(28-13-14-28)22-25-11-10-12-31(41)34(25)44/h10-12,18-19,21,24,27-29H,13-17,20,22-23H2,1-9H3,(H,46,50)/t24-,27+,29-/m1/s1. The van der Waals surface area contributed by atoms with Crippen molar-refractivity contribution in [2.24, 2.45) is 5.92 Å². The summed E-state index contributed by atoms with van der Waals surface area (Å²) in [5.74, 6) is -0.160. The normalized spacial score (nSPS) is 17.5. The third kappa shape index (κ3) is 11.7. The Morgan fingerprint density at radius 3 is 2.33 bits per heavy atom. The average Bonchev–Trinajstić information content (AvgIpc) is 3.62. The molecule has 2 amide bonds. The lowest BCUT2D eigenvalue weighted by Gasteiger charge is -2.38. The molecule has 1 saturated carbocycles. The number of nitrogens with one attached hydrogen (secondary N) is 1. The molecule has 3 aromatic rings. The Labute approximate surface area is 351 Å². The van der Waals surface area contributed by atoms with Gasteiger partial charge in [0.25, 0.3) is 0 Å². The van der Waals surface area contributed by atoms with Crippen LogP contribution in [0.3, 0.4) is 0 Å². The van der Waals surface area contributed by atoms with E-state index < -0.39 is 25.9 Å². The minimum absolute atomic E-state index is 0.0695. The number of rotatable bonds is 14. The summed E-state index contributed by atoms with van der Waals surface area (Å²) < 4.78 is 18.5. The summed E-state index contributed by atoms with van der Waals surface area (Å²) in [6.07, 6.45) is 3.90. The molecule has 2 aliphatic rings.